The summed E-state index contributed by atoms with van der Waals surface area (Å²) in [5.41, 5.74) is 0.400. The second-order valence-corrected chi connectivity index (χ2v) is 4.58. The molecule has 4 heteroatoms. The van der Waals surface area contributed by atoms with Crippen molar-refractivity contribution in [1.29, 1.82) is 0 Å². The van der Waals surface area contributed by atoms with Crippen LogP contribution in [0.3, 0.4) is 0 Å². The van der Waals surface area contributed by atoms with E-state index in [9.17, 15) is 4.79 Å². The first-order valence-electron chi connectivity index (χ1n) is 4.51. The van der Waals surface area contributed by atoms with Crippen molar-refractivity contribution in [2.24, 2.45) is 0 Å². The summed E-state index contributed by atoms with van der Waals surface area (Å²) in [6, 6.07) is 0.135. The number of aromatic amines is 1. The normalized spacial score (nSPS) is 12.5. The Balaban J connectivity index is 3.23. The van der Waals surface area contributed by atoms with Crippen LogP contribution in [0, 0.1) is 0 Å². The van der Waals surface area contributed by atoms with E-state index in [0.717, 1.165) is 0 Å². The predicted octanol–water partition coefficient (Wildman–Crippen LogP) is 1.45. The van der Waals surface area contributed by atoms with Crippen molar-refractivity contribution in [2.45, 2.75) is 46.1 Å². The van der Waals surface area contributed by atoms with E-state index in [1.54, 1.807) is 4.68 Å². The fraction of sp³-hybridized carbons (Fsp3) is 0.778. The molecule has 0 unspecified atom stereocenters. The molecule has 0 aliphatic heterocycles. The molecule has 0 aromatic carbocycles. The number of aromatic nitrogens is 3. The molecule has 0 amide bonds. The van der Waals surface area contributed by atoms with Gasteiger partial charge in [-0.3, -0.25) is 4.79 Å². The number of nitrogens with zero attached hydrogens (tertiary/aromatic N) is 2. The van der Waals surface area contributed by atoms with Crippen molar-refractivity contribution >= 4 is 0 Å². The van der Waals surface area contributed by atoms with E-state index in [1.807, 2.05) is 34.6 Å². The fourth-order valence-corrected chi connectivity index (χ4v) is 1.15. The number of nitrogens with one attached hydrogen (secondary N) is 1. The van der Waals surface area contributed by atoms with Crippen LogP contribution < -0.4 is 5.56 Å². The SMILES string of the molecule is CC(C)n1[nH]nc(C(C)(C)C)c1=O. The highest BCUT2D eigenvalue weighted by Crippen LogP contribution is 2.15. The highest BCUT2D eigenvalue weighted by molar-refractivity contribution is 5.07. The maximum atomic E-state index is 11.7. The van der Waals surface area contributed by atoms with Crippen molar-refractivity contribution in [3.8, 4) is 0 Å². The predicted molar refractivity (Wildman–Crippen MR) is 51.9 cm³/mol. The Labute approximate surface area is 77.9 Å². The lowest BCUT2D eigenvalue weighted by Gasteiger charge is -2.12. The molecule has 1 aromatic rings. The quantitative estimate of drug-likeness (QED) is 0.716. The largest absolute Gasteiger partial charge is 0.290 e. The Bertz CT molecular complexity index is 340. The molecular formula is C9H17N3O. The standard InChI is InChI=1S/C9H17N3O/c1-6(2)12-8(13)7(10-11-12)9(3,4)5/h6,11H,1-5H3. The van der Waals surface area contributed by atoms with Crippen LogP contribution >= 0.6 is 0 Å². The van der Waals surface area contributed by atoms with Gasteiger partial charge in [0.2, 0.25) is 0 Å². The Morgan fingerprint density at radius 2 is 1.92 bits per heavy atom. The summed E-state index contributed by atoms with van der Waals surface area (Å²) in [6.07, 6.45) is 0. The zero-order valence-corrected chi connectivity index (χ0v) is 8.88. The molecule has 13 heavy (non-hydrogen) atoms. The molecular weight excluding hydrogens is 166 g/mol. The third-order valence-corrected chi connectivity index (χ3v) is 1.92. The zero-order valence-electron chi connectivity index (χ0n) is 8.88. The third kappa shape index (κ3) is 1.82. The maximum absolute atomic E-state index is 11.7. The number of hydrogen-bond acceptors (Lipinski definition) is 2. The van der Waals surface area contributed by atoms with E-state index in [4.69, 9.17) is 0 Å². The number of hydrogen-bond donors (Lipinski definition) is 1. The van der Waals surface area contributed by atoms with Crippen molar-refractivity contribution in [1.82, 2.24) is 15.0 Å². The van der Waals surface area contributed by atoms with Crippen LogP contribution in [0.4, 0.5) is 0 Å². The summed E-state index contributed by atoms with van der Waals surface area (Å²) < 4.78 is 1.54. The van der Waals surface area contributed by atoms with Crippen LogP contribution in [0.1, 0.15) is 46.4 Å². The second kappa shape index (κ2) is 3.01. The van der Waals surface area contributed by atoms with E-state index in [2.05, 4.69) is 10.3 Å². The zero-order chi connectivity index (χ0) is 10.2. The molecule has 74 valence electrons. The van der Waals surface area contributed by atoms with Gasteiger partial charge in [-0.1, -0.05) is 20.8 Å². The first kappa shape index (κ1) is 10.0. The minimum Gasteiger partial charge on any atom is -0.266 e. The monoisotopic (exact) mass is 183 g/mol. The van der Waals surface area contributed by atoms with Crippen molar-refractivity contribution in [3.05, 3.63) is 16.0 Å². The van der Waals surface area contributed by atoms with Gasteiger partial charge in [0.1, 0.15) is 5.69 Å². The Morgan fingerprint density at radius 1 is 1.38 bits per heavy atom. The van der Waals surface area contributed by atoms with Gasteiger partial charge >= 0.3 is 0 Å². The number of H-pyrrole nitrogens is 1. The molecule has 0 fully saturated rings. The lowest BCUT2D eigenvalue weighted by Crippen LogP contribution is -2.27. The van der Waals surface area contributed by atoms with Crippen LogP contribution in [0.25, 0.3) is 0 Å². The molecule has 0 bridgehead atoms. The molecule has 4 nitrogen and oxygen atoms in total. The molecule has 0 aliphatic carbocycles. The van der Waals surface area contributed by atoms with Gasteiger partial charge in [0.05, 0.1) is 0 Å². The summed E-state index contributed by atoms with van der Waals surface area (Å²) in [7, 11) is 0. The lowest BCUT2D eigenvalue weighted by molar-refractivity contribution is 0.500. The van der Waals surface area contributed by atoms with Crippen LogP contribution in [0.2, 0.25) is 0 Å². The Hall–Kier alpha value is -1.06. The average Bonchev–Trinajstić information content (AvgIpc) is 2.28. The van der Waals surface area contributed by atoms with Crippen molar-refractivity contribution in [3.63, 3.8) is 0 Å². The molecule has 0 aliphatic rings. The molecule has 0 radical (unpaired) electrons. The Morgan fingerprint density at radius 3 is 2.15 bits per heavy atom. The molecule has 1 heterocycles. The van der Waals surface area contributed by atoms with Crippen LogP contribution in [-0.4, -0.2) is 15.0 Å². The molecule has 0 spiro atoms. The average molecular weight is 183 g/mol. The minimum absolute atomic E-state index is 0.0116. The summed E-state index contributed by atoms with van der Waals surface area (Å²) in [6.45, 7) is 9.85. The molecule has 0 saturated carbocycles. The lowest BCUT2D eigenvalue weighted by atomic mass is 9.93. The summed E-state index contributed by atoms with van der Waals surface area (Å²) >= 11 is 0. The summed E-state index contributed by atoms with van der Waals surface area (Å²) in [4.78, 5) is 11.7. The molecule has 1 aromatic heterocycles. The van der Waals surface area contributed by atoms with Gasteiger partial charge in [-0.15, -0.1) is 0 Å². The highest BCUT2D eigenvalue weighted by atomic mass is 16.1. The minimum atomic E-state index is -0.187. The van der Waals surface area contributed by atoms with Crippen LogP contribution in [-0.2, 0) is 5.41 Å². The van der Waals surface area contributed by atoms with Crippen LogP contribution in [0.15, 0.2) is 4.79 Å². The van der Waals surface area contributed by atoms with Crippen LogP contribution in [0.5, 0.6) is 0 Å². The maximum Gasteiger partial charge on any atom is 0.290 e. The Kier molecular flexibility index (Phi) is 2.32. The van der Waals surface area contributed by atoms with Gasteiger partial charge in [-0.2, -0.15) is 5.10 Å². The van der Waals surface area contributed by atoms with E-state index < -0.39 is 0 Å². The summed E-state index contributed by atoms with van der Waals surface area (Å²) in [5.74, 6) is 0. The van der Waals surface area contributed by atoms with Gasteiger partial charge in [-0.05, 0) is 13.8 Å². The molecule has 1 N–H and O–H groups in total. The molecule has 1 rings (SSSR count). The topological polar surface area (TPSA) is 50.7 Å². The second-order valence-electron chi connectivity index (χ2n) is 4.58. The van der Waals surface area contributed by atoms with Gasteiger partial charge in [0.25, 0.3) is 5.56 Å². The highest BCUT2D eigenvalue weighted by Gasteiger charge is 2.22. The van der Waals surface area contributed by atoms with Gasteiger partial charge in [0.15, 0.2) is 0 Å². The van der Waals surface area contributed by atoms with Crippen molar-refractivity contribution < 1.29 is 0 Å². The summed E-state index contributed by atoms with van der Waals surface area (Å²) in [5, 5.41) is 6.77. The van der Waals surface area contributed by atoms with E-state index in [0.29, 0.717) is 5.69 Å². The first-order valence-corrected chi connectivity index (χ1v) is 4.51. The van der Waals surface area contributed by atoms with E-state index >= 15 is 0 Å². The van der Waals surface area contributed by atoms with Gasteiger partial charge in [0, 0.05) is 11.5 Å². The van der Waals surface area contributed by atoms with E-state index in [-0.39, 0.29) is 17.0 Å². The third-order valence-electron chi connectivity index (χ3n) is 1.92. The van der Waals surface area contributed by atoms with E-state index in [1.165, 1.54) is 0 Å². The smallest absolute Gasteiger partial charge is 0.266 e. The van der Waals surface area contributed by atoms with Crippen molar-refractivity contribution in [2.75, 3.05) is 0 Å². The fourth-order valence-electron chi connectivity index (χ4n) is 1.15. The number of rotatable bonds is 1. The molecule has 0 atom stereocenters. The molecule has 0 saturated heterocycles. The van der Waals surface area contributed by atoms with Gasteiger partial charge < -0.3 is 0 Å². The first-order chi connectivity index (χ1) is 5.84. The van der Waals surface area contributed by atoms with Gasteiger partial charge in [-0.25, -0.2) is 9.90 Å².